The maximum atomic E-state index is 12.0. The van der Waals surface area contributed by atoms with Crippen molar-refractivity contribution in [1.29, 1.82) is 0 Å². The molecule has 0 bridgehead atoms. The molecule has 0 saturated carbocycles. The van der Waals surface area contributed by atoms with Gasteiger partial charge >= 0.3 is 0 Å². The highest BCUT2D eigenvalue weighted by atomic mass is 35.5. The minimum Gasteiger partial charge on any atom is -0.382 e. The van der Waals surface area contributed by atoms with E-state index in [-0.39, 0.29) is 11.4 Å². The Hall–Kier alpha value is -1.26. The van der Waals surface area contributed by atoms with Crippen LogP contribution in [-0.4, -0.2) is 23.3 Å². The molecule has 0 fully saturated rings. The maximum absolute atomic E-state index is 12.0. The summed E-state index contributed by atoms with van der Waals surface area (Å²) >= 11 is 11.8. The first-order valence-electron chi connectivity index (χ1n) is 6.26. The minimum atomic E-state index is -0.598. The molecule has 0 spiro atoms. The molecule has 1 amide bonds. The lowest BCUT2D eigenvalue weighted by atomic mass is 10.0. The van der Waals surface area contributed by atoms with Gasteiger partial charge < -0.3 is 10.2 Å². The smallest absolute Gasteiger partial charge is 0.264 e. The van der Waals surface area contributed by atoms with Crippen LogP contribution in [0.4, 0.5) is 0 Å². The summed E-state index contributed by atoms with van der Waals surface area (Å²) in [6, 6.07) is 5.22. The van der Waals surface area contributed by atoms with Gasteiger partial charge in [0, 0.05) is 17.5 Å². The summed E-state index contributed by atoms with van der Waals surface area (Å²) < 4.78 is 0. The van der Waals surface area contributed by atoms with Gasteiger partial charge in [0.2, 0.25) is 6.10 Å². The molecule has 0 aromatic heterocycles. The van der Waals surface area contributed by atoms with Crippen LogP contribution >= 0.6 is 23.2 Å². The number of benzene rings is 1. The fourth-order valence-corrected chi connectivity index (χ4v) is 2.11. The van der Waals surface area contributed by atoms with Gasteiger partial charge in [-0.1, -0.05) is 34.4 Å². The molecule has 0 saturated heterocycles. The third-order valence-corrected chi connectivity index (χ3v) is 3.45. The Balaban J connectivity index is 2.04. The standard InChI is InChI=1S/C14H16Cl2N2O2/c1-14(2,3)17-13(19)12-7-11(18-20-12)8-4-5-9(15)10(16)6-8/h4-6,12H,7H2,1-3H3,(H,17,19)/t12-/m0/s1. The molecule has 108 valence electrons. The van der Waals surface area contributed by atoms with Gasteiger partial charge in [-0.05, 0) is 32.9 Å². The molecule has 2 rings (SSSR count). The Bertz CT molecular complexity index is 565. The molecule has 0 unspecified atom stereocenters. The average Bonchev–Trinajstić information content (AvgIpc) is 2.80. The number of hydrogen-bond acceptors (Lipinski definition) is 3. The Kier molecular flexibility index (Phi) is 4.25. The second-order valence-electron chi connectivity index (χ2n) is 5.70. The van der Waals surface area contributed by atoms with E-state index >= 15 is 0 Å². The summed E-state index contributed by atoms with van der Waals surface area (Å²) in [4.78, 5) is 17.2. The molecule has 20 heavy (non-hydrogen) atoms. The zero-order valence-corrected chi connectivity index (χ0v) is 13.0. The fraction of sp³-hybridized carbons (Fsp3) is 0.429. The number of halogens is 2. The van der Waals surface area contributed by atoms with Gasteiger partial charge in [0.1, 0.15) is 0 Å². The van der Waals surface area contributed by atoms with Crippen LogP contribution in [0.15, 0.2) is 23.4 Å². The summed E-state index contributed by atoms with van der Waals surface area (Å²) in [5, 5.41) is 7.77. The van der Waals surface area contributed by atoms with Gasteiger partial charge in [-0.3, -0.25) is 4.79 Å². The van der Waals surface area contributed by atoms with Crippen LogP contribution in [-0.2, 0) is 9.63 Å². The van der Waals surface area contributed by atoms with E-state index in [0.29, 0.717) is 22.2 Å². The molecular formula is C14H16Cl2N2O2. The van der Waals surface area contributed by atoms with E-state index in [9.17, 15) is 4.79 Å². The number of carbonyl (C=O) groups is 1. The highest BCUT2D eigenvalue weighted by molar-refractivity contribution is 6.42. The van der Waals surface area contributed by atoms with Gasteiger partial charge in [-0.25, -0.2) is 0 Å². The Morgan fingerprint density at radius 3 is 2.65 bits per heavy atom. The number of nitrogens with one attached hydrogen (secondary N) is 1. The summed E-state index contributed by atoms with van der Waals surface area (Å²) in [6.45, 7) is 5.75. The van der Waals surface area contributed by atoms with Crippen LogP contribution in [0.25, 0.3) is 0 Å². The molecule has 1 N–H and O–H groups in total. The minimum absolute atomic E-state index is 0.170. The second-order valence-corrected chi connectivity index (χ2v) is 6.52. The summed E-state index contributed by atoms with van der Waals surface area (Å²) in [7, 11) is 0. The second kappa shape index (κ2) is 5.62. The number of rotatable bonds is 2. The van der Waals surface area contributed by atoms with Crippen LogP contribution < -0.4 is 5.32 Å². The number of nitrogens with zero attached hydrogens (tertiary/aromatic N) is 1. The lowest BCUT2D eigenvalue weighted by Gasteiger charge is -2.22. The zero-order chi connectivity index (χ0) is 14.9. The maximum Gasteiger partial charge on any atom is 0.264 e. The highest BCUT2D eigenvalue weighted by Gasteiger charge is 2.31. The van der Waals surface area contributed by atoms with Crippen molar-refractivity contribution in [1.82, 2.24) is 5.32 Å². The van der Waals surface area contributed by atoms with Crippen molar-refractivity contribution >= 4 is 34.8 Å². The van der Waals surface area contributed by atoms with Gasteiger partial charge in [0.15, 0.2) is 0 Å². The van der Waals surface area contributed by atoms with E-state index < -0.39 is 6.10 Å². The fourth-order valence-electron chi connectivity index (χ4n) is 1.81. The van der Waals surface area contributed by atoms with Gasteiger partial charge in [-0.2, -0.15) is 0 Å². The van der Waals surface area contributed by atoms with Crippen LogP contribution in [0.1, 0.15) is 32.8 Å². The van der Waals surface area contributed by atoms with Gasteiger partial charge in [0.25, 0.3) is 5.91 Å². The van der Waals surface area contributed by atoms with Crippen molar-refractivity contribution in [2.24, 2.45) is 5.16 Å². The first kappa shape index (κ1) is 15.1. The van der Waals surface area contributed by atoms with E-state index in [0.717, 1.165) is 5.56 Å². The van der Waals surface area contributed by atoms with Crippen LogP contribution in [0.2, 0.25) is 10.0 Å². The predicted octanol–water partition coefficient (Wildman–Crippen LogP) is 3.40. The highest BCUT2D eigenvalue weighted by Crippen LogP contribution is 2.25. The quantitative estimate of drug-likeness (QED) is 0.909. The molecule has 1 aliphatic heterocycles. The SMILES string of the molecule is CC(C)(C)NC(=O)[C@@H]1CC(c2ccc(Cl)c(Cl)c2)=NO1. The van der Waals surface area contributed by atoms with Gasteiger partial charge in [0.05, 0.1) is 15.8 Å². The Morgan fingerprint density at radius 1 is 1.35 bits per heavy atom. The molecule has 1 aromatic carbocycles. The average molecular weight is 315 g/mol. The number of carbonyl (C=O) groups excluding carboxylic acids is 1. The monoisotopic (exact) mass is 314 g/mol. The van der Waals surface area contributed by atoms with E-state index in [2.05, 4.69) is 10.5 Å². The van der Waals surface area contributed by atoms with Crippen LogP contribution in [0.5, 0.6) is 0 Å². The van der Waals surface area contributed by atoms with Crippen molar-refractivity contribution in [2.75, 3.05) is 0 Å². The van der Waals surface area contributed by atoms with Crippen molar-refractivity contribution < 1.29 is 9.63 Å². The summed E-state index contributed by atoms with van der Waals surface area (Å²) in [6.07, 6.45) is -0.182. The molecule has 1 aliphatic rings. The van der Waals surface area contributed by atoms with Crippen molar-refractivity contribution in [3.8, 4) is 0 Å². The molecule has 1 heterocycles. The molecule has 6 heteroatoms. The van der Waals surface area contributed by atoms with Crippen molar-refractivity contribution in [3.63, 3.8) is 0 Å². The Morgan fingerprint density at radius 2 is 2.05 bits per heavy atom. The first-order valence-corrected chi connectivity index (χ1v) is 7.02. The van der Waals surface area contributed by atoms with E-state index in [1.807, 2.05) is 20.8 Å². The van der Waals surface area contributed by atoms with E-state index in [1.165, 1.54) is 0 Å². The number of hydrogen-bond donors (Lipinski definition) is 1. The topological polar surface area (TPSA) is 50.7 Å². The molecular weight excluding hydrogens is 299 g/mol. The molecule has 0 aliphatic carbocycles. The third-order valence-electron chi connectivity index (χ3n) is 2.71. The summed E-state index contributed by atoms with van der Waals surface area (Å²) in [5.74, 6) is -0.170. The van der Waals surface area contributed by atoms with Crippen LogP contribution in [0, 0.1) is 0 Å². The largest absolute Gasteiger partial charge is 0.382 e. The molecule has 4 nitrogen and oxygen atoms in total. The van der Waals surface area contributed by atoms with E-state index in [1.54, 1.807) is 18.2 Å². The Labute approximate surface area is 128 Å². The number of amides is 1. The first-order chi connectivity index (χ1) is 9.26. The van der Waals surface area contributed by atoms with E-state index in [4.69, 9.17) is 28.0 Å². The lowest BCUT2D eigenvalue weighted by molar-refractivity contribution is -0.132. The molecule has 1 aromatic rings. The lowest BCUT2D eigenvalue weighted by Crippen LogP contribution is -2.45. The normalized spacial score (nSPS) is 18.4. The van der Waals surface area contributed by atoms with Crippen LogP contribution in [0.3, 0.4) is 0 Å². The molecule has 0 radical (unpaired) electrons. The number of oxime groups is 1. The van der Waals surface area contributed by atoms with Crippen molar-refractivity contribution in [3.05, 3.63) is 33.8 Å². The van der Waals surface area contributed by atoms with Gasteiger partial charge in [-0.15, -0.1) is 0 Å². The zero-order valence-electron chi connectivity index (χ0n) is 11.5. The van der Waals surface area contributed by atoms with Crippen molar-refractivity contribution in [2.45, 2.75) is 38.8 Å². The predicted molar refractivity (Wildman–Crippen MR) is 80.4 cm³/mol. The summed E-state index contributed by atoms with van der Waals surface area (Å²) in [5.41, 5.74) is 1.20. The molecule has 1 atom stereocenters. The third kappa shape index (κ3) is 3.64.